The highest BCUT2D eigenvalue weighted by Gasteiger charge is 2.17. The Labute approximate surface area is 150 Å². The van der Waals surface area contributed by atoms with E-state index in [0.717, 1.165) is 16.3 Å². The minimum atomic E-state index is -0.435. The molecule has 0 saturated heterocycles. The van der Waals surface area contributed by atoms with Crippen LogP contribution < -0.4 is 9.47 Å². The monoisotopic (exact) mass is 348 g/mol. The SMILES string of the molecule is O=C(Cc1cccc2ccccc12)OCC(=O)c1ccc2c(c1)OCO2. The Morgan fingerprint density at radius 3 is 2.65 bits per heavy atom. The van der Waals surface area contributed by atoms with Gasteiger partial charge in [-0.25, -0.2) is 0 Å². The van der Waals surface area contributed by atoms with Gasteiger partial charge >= 0.3 is 5.97 Å². The lowest BCUT2D eigenvalue weighted by Crippen LogP contribution is -2.15. The second kappa shape index (κ2) is 6.88. The number of carbonyl (C=O) groups is 2. The normalized spacial score (nSPS) is 12.2. The minimum absolute atomic E-state index is 0.121. The number of benzene rings is 3. The van der Waals surface area contributed by atoms with Crippen LogP contribution in [-0.2, 0) is 16.0 Å². The van der Waals surface area contributed by atoms with E-state index >= 15 is 0 Å². The summed E-state index contributed by atoms with van der Waals surface area (Å²) in [5, 5.41) is 2.07. The van der Waals surface area contributed by atoms with Crippen molar-refractivity contribution in [3.63, 3.8) is 0 Å². The van der Waals surface area contributed by atoms with Gasteiger partial charge in [-0.2, -0.15) is 0 Å². The molecule has 5 heteroatoms. The van der Waals surface area contributed by atoms with Crippen LogP contribution in [0.2, 0.25) is 0 Å². The van der Waals surface area contributed by atoms with Crippen LogP contribution in [-0.4, -0.2) is 25.2 Å². The zero-order valence-corrected chi connectivity index (χ0v) is 13.9. The van der Waals surface area contributed by atoms with Gasteiger partial charge in [-0.05, 0) is 34.5 Å². The van der Waals surface area contributed by atoms with E-state index in [1.807, 2.05) is 42.5 Å². The summed E-state index contributed by atoms with van der Waals surface area (Å²) in [5.74, 6) is 0.414. The van der Waals surface area contributed by atoms with E-state index in [0.29, 0.717) is 17.1 Å². The lowest BCUT2D eigenvalue weighted by Gasteiger charge is -2.07. The quantitative estimate of drug-likeness (QED) is 0.521. The molecule has 0 spiro atoms. The predicted molar refractivity (Wildman–Crippen MR) is 95.5 cm³/mol. The number of esters is 1. The van der Waals surface area contributed by atoms with Crippen LogP contribution in [0.4, 0.5) is 0 Å². The molecular weight excluding hydrogens is 332 g/mol. The molecule has 0 saturated carbocycles. The predicted octanol–water partition coefficient (Wildman–Crippen LogP) is 3.54. The van der Waals surface area contributed by atoms with E-state index < -0.39 is 5.97 Å². The van der Waals surface area contributed by atoms with Crippen LogP contribution in [0.5, 0.6) is 11.5 Å². The van der Waals surface area contributed by atoms with Gasteiger partial charge in [0.15, 0.2) is 23.9 Å². The van der Waals surface area contributed by atoms with Gasteiger partial charge in [0.25, 0.3) is 0 Å². The molecule has 1 aliphatic heterocycles. The second-order valence-electron chi connectivity index (χ2n) is 5.97. The molecule has 1 aliphatic rings. The molecule has 3 aromatic rings. The molecule has 0 unspecified atom stereocenters. The average Bonchev–Trinajstić information content (AvgIpc) is 3.14. The van der Waals surface area contributed by atoms with Crippen molar-refractivity contribution < 1.29 is 23.8 Å². The van der Waals surface area contributed by atoms with Crippen LogP contribution in [0.15, 0.2) is 60.7 Å². The van der Waals surface area contributed by atoms with E-state index in [9.17, 15) is 9.59 Å². The van der Waals surface area contributed by atoms with Gasteiger partial charge in [0.05, 0.1) is 6.42 Å². The maximum absolute atomic E-state index is 12.2. The van der Waals surface area contributed by atoms with Crippen molar-refractivity contribution >= 4 is 22.5 Å². The summed E-state index contributed by atoms with van der Waals surface area (Å²) in [6.45, 7) is -0.157. The van der Waals surface area contributed by atoms with E-state index in [1.54, 1.807) is 18.2 Å². The number of ether oxygens (including phenoxy) is 3. The van der Waals surface area contributed by atoms with Gasteiger partial charge in [0, 0.05) is 5.56 Å². The smallest absolute Gasteiger partial charge is 0.310 e. The Balaban J connectivity index is 1.40. The summed E-state index contributed by atoms with van der Waals surface area (Å²) in [6.07, 6.45) is 0.121. The third kappa shape index (κ3) is 3.24. The summed E-state index contributed by atoms with van der Waals surface area (Å²) < 4.78 is 15.6. The van der Waals surface area contributed by atoms with Crippen molar-refractivity contribution in [2.24, 2.45) is 0 Å². The van der Waals surface area contributed by atoms with Gasteiger partial charge in [-0.15, -0.1) is 0 Å². The number of fused-ring (bicyclic) bond motifs is 2. The van der Waals surface area contributed by atoms with E-state index in [1.165, 1.54) is 0 Å². The molecule has 0 bridgehead atoms. The van der Waals surface area contributed by atoms with Gasteiger partial charge in [0.1, 0.15) is 0 Å². The minimum Gasteiger partial charge on any atom is -0.457 e. The fraction of sp³-hybridized carbons (Fsp3) is 0.143. The Morgan fingerprint density at radius 2 is 1.73 bits per heavy atom. The first-order valence-electron chi connectivity index (χ1n) is 8.26. The summed E-state index contributed by atoms with van der Waals surface area (Å²) in [5.41, 5.74) is 1.30. The van der Waals surface area contributed by atoms with Gasteiger partial charge < -0.3 is 14.2 Å². The Hall–Kier alpha value is -3.34. The molecule has 5 nitrogen and oxygen atoms in total. The molecule has 1 heterocycles. The highest BCUT2D eigenvalue weighted by molar-refractivity contribution is 5.98. The van der Waals surface area contributed by atoms with Crippen LogP contribution in [0.1, 0.15) is 15.9 Å². The van der Waals surface area contributed by atoms with Crippen molar-refractivity contribution in [1.82, 2.24) is 0 Å². The number of Topliss-reactive ketones (excluding diaryl/α,β-unsaturated/α-hetero) is 1. The highest BCUT2D eigenvalue weighted by Crippen LogP contribution is 2.32. The summed E-state index contributed by atoms with van der Waals surface area (Å²) >= 11 is 0. The standard InChI is InChI=1S/C21H16O5/c22-18(16-8-9-19-20(10-16)26-13-25-19)12-24-21(23)11-15-6-3-5-14-4-1-2-7-17(14)15/h1-10H,11-13H2. The largest absolute Gasteiger partial charge is 0.457 e. The molecule has 0 aromatic heterocycles. The fourth-order valence-corrected chi connectivity index (χ4v) is 2.95. The van der Waals surface area contributed by atoms with Crippen LogP contribution in [0.3, 0.4) is 0 Å². The molecule has 0 atom stereocenters. The van der Waals surface area contributed by atoms with Crippen molar-refractivity contribution in [3.8, 4) is 11.5 Å². The van der Waals surface area contributed by atoms with Crippen molar-refractivity contribution in [3.05, 3.63) is 71.8 Å². The zero-order chi connectivity index (χ0) is 17.9. The first-order valence-corrected chi connectivity index (χ1v) is 8.26. The Bertz CT molecular complexity index is 987. The number of hydrogen-bond acceptors (Lipinski definition) is 5. The third-order valence-corrected chi connectivity index (χ3v) is 4.27. The van der Waals surface area contributed by atoms with Crippen LogP contribution >= 0.6 is 0 Å². The molecule has 4 rings (SSSR count). The number of hydrogen-bond donors (Lipinski definition) is 0. The number of carbonyl (C=O) groups excluding carboxylic acids is 2. The molecule has 3 aromatic carbocycles. The van der Waals surface area contributed by atoms with Crippen LogP contribution in [0, 0.1) is 0 Å². The van der Waals surface area contributed by atoms with Crippen molar-refractivity contribution in [1.29, 1.82) is 0 Å². The van der Waals surface area contributed by atoms with Crippen molar-refractivity contribution in [2.45, 2.75) is 6.42 Å². The Kier molecular flexibility index (Phi) is 4.27. The highest BCUT2D eigenvalue weighted by atomic mass is 16.7. The van der Waals surface area contributed by atoms with Gasteiger partial charge in [-0.3, -0.25) is 9.59 Å². The molecule has 26 heavy (non-hydrogen) atoms. The topological polar surface area (TPSA) is 61.8 Å². The first-order chi connectivity index (χ1) is 12.7. The fourth-order valence-electron chi connectivity index (χ4n) is 2.95. The summed E-state index contributed by atoms with van der Waals surface area (Å²) in [4.78, 5) is 24.4. The van der Waals surface area contributed by atoms with Crippen molar-refractivity contribution in [2.75, 3.05) is 13.4 Å². The molecule has 130 valence electrons. The molecular formula is C21H16O5. The molecule has 0 N–H and O–H groups in total. The van der Waals surface area contributed by atoms with Crippen LogP contribution in [0.25, 0.3) is 10.8 Å². The number of ketones is 1. The van der Waals surface area contributed by atoms with Gasteiger partial charge in [-0.1, -0.05) is 42.5 Å². The average molecular weight is 348 g/mol. The summed E-state index contributed by atoms with van der Waals surface area (Å²) in [6, 6.07) is 18.5. The van der Waals surface area contributed by atoms with E-state index in [-0.39, 0.29) is 25.6 Å². The molecule has 0 fully saturated rings. The Morgan fingerprint density at radius 1 is 0.923 bits per heavy atom. The summed E-state index contributed by atoms with van der Waals surface area (Å²) in [7, 11) is 0. The maximum Gasteiger partial charge on any atom is 0.310 e. The third-order valence-electron chi connectivity index (χ3n) is 4.27. The molecule has 0 amide bonds. The maximum atomic E-state index is 12.2. The molecule has 0 aliphatic carbocycles. The van der Waals surface area contributed by atoms with E-state index in [2.05, 4.69) is 0 Å². The lowest BCUT2D eigenvalue weighted by atomic mass is 10.0. The molecule has 0 radical (unpaired) electrons. The zero-order valence-electron chi connectivity index (χ0n) is 13.9. The lowest BCUT2D eigenvalue weighted by molar-refractivity contribution is -0.141. The van der Waals surface area contributed by atoms with E-state index in [4.69, 9.17) is 14.2 Å². The van der Waals surface area contributed by atoms with Gasteiger partial charge in [0.2, 0.25) is 6.79 Å². The first kappa shape index (κ1) is 16.1. The number of rotatable bonds is 5. The second-order valence-corrected chi connectivity index (χ2v) is 5.97.